The molecule has 0 N–H and O–H groups in total. The van der Waals surface area contributed by atoms with Crippen molar-refractivity contribution in [1.29, 1.82) is 0 Å². The summed E-state index contributed by atoms with van der Waals surface area (Å²) in [7, 11) is 0. The minimum absolute atomic E-state index is 0.101. The zero-order valence-electron chi connectivity index (χ0n) is 6.31. The summed E-state index contributed by atoms with van der Waals surface area (Å²) in [6.07, 6.45) is 3.69. The lowest BCUT2D eigenvalue weighted by molar-refractivity contribution is -0.127. The van der Waals surface area contributed by atoms with Crippen LogP contribution in [0, 0.1) is 0 Å². The van der Waals surface area contributed by atoms with Crippen molar-refractivity contribution in [2.24, 2.45) is 0 Å². The number of hydrogen-bond donors (Lipinski definition) is 0. The highest BCUT2D eigenvalue weighted by molar-refractivity contribution is 6.42. The Balaban J connectivity index is 2.56. The van der Waals surface area contributed by atoms with Gasteiger partial charge in [0.25, 0.3) is 0 Å². The first-order valence-corrected chi connectivity index (χ1v) is 4.35. The zero-order chi connectivity index (χ0) is 8.27. The molecule has 3 heteroatoms. The highest BCUT2D eigenvalue weighted by Crippen LogP contribution is 2.15. The summed E-state index contributed by atoms with van der Waals surface area (Å²) >= 11 is 5.60. The number of carbonyl (C=O) groups is 2. The van der Waals surface area contributed by atoms with Gasteiger partial charge in [-0.25, -0.2) is 0 Å². The average Bonchev–Trinajstić information content (AvgIpc) is 2.00. The van der Waals surface area contributed by atoms with Gasteiger partial charge in [0.2, 0.25) is 0 Å². The van der Waals surface area contributed by atoms with Crippen molar-refractivity contribution >= 4 is 23.2 Å². The van der Waals surface area contributed by atoms with Crippen molar-refractivity contribution in [3.05, 3.63) is 0 Å². The van der Waals surface area contributed by atoms with Crippen LogP contribution in [0.2, 0.25) is 0 Å². The maximum absolute atomic E-state index is 11.0. The van der Waals surface area contributed by atoms with Gasteiger partial charge in [0.1, 0.15) is 0 Å². The van der Waals surface area contributed by atoms with E-state index in [4.69, 9.17) is 11.6 Å². The first-order chi connectivity index (χ1) is 5.22. The molecule has 0 atom stereocenters. The molecule has 0 aliphatic heterocycles. The van der Waals surface area contributed by atoms with E-state index in [9.17, 15) is 9.59 Å². The van der Waals surface area contributed by atoms with Crippen LogP contribution in [0.25, 0.3) is 0 Å². The largest absolute Gasteiger partial charge is 0.298 e. The molecule has 1 aliphatic rings. The second kappa shape index (κ2) is 3.86. The first-order valence-electron chi connectivity index (χ1n) is 3.91. The van der Waals surface area contributed by atoms with Crippen molar-refractivity contribution in [1.82, 2.24) is 0 Å². The van der Waals surface area contributed by atoms with Gasteiger partial charge >= 0.3 is 0 Å². The Morgan fingerprint density at radius 3 is 1.91 bits per heavy atom. The molecule has 0 radical (unpaired) electrons. The molecular weight excluding hydrogens is 164 g/mol. The van der Waals surface area contributed by atoms with Gasteiger partial charge in [-0.15, -0.1) is 11.6 Å². The molecule has 0 heterocycles. The van der Waals surface area contributed by atoms with Gasteiger partial charge in [-0.1, -0.05) is 6.42 Å². The quantitative estimate of drug-likeness (QED) is 0.414. The number of ketones is 2. The topological polar surface area (TPSA) is 34.1 Å². The molecule has 62 valence electrons. The Bertz CT molecular complexity index is 159. The maximum atomic E-state index is 11.0. The molecule has 0 spiro atoms. The summed E-state index contributed by atoms with van der Waals surface area (Å²) in [5.41, 5.74) is 0. The van der Waals surface area contributed by atoms with E-state index in [2.05, 4.69) is 0 Å². The fraction of sp³-hybridized carbons (Fsp3) is 0.750. The highest BCUT2D eigenvalue weighted by Gasteiger charge is 2.24. The van der Waals surface area contributed by atoms with E-state index in [1.807, 2.05) is 0 Å². The van der Waals surface area contributed by atoms with Crippen molar-refractivity contribution in [3.63, 3.8) is 0 Å². The van der Waals surface area contributed by atoms with Crippen LogP contribution in [-0.2, 0) is 9.59 Å². The lowest BCUT2D eigenvalue weighted by Gasteiger charge is -2.10. The number of carbonyl (C=O) groups excluding carboxylic acids is 2. The van der Waals surface area contributed by atoms with Crippen LogP contribution < -0.4 is 0 Å². The summed E-state index contributed by atoms with van der Waals surface area (Å²) in [5, 5.41) is -0.852. The third-order valence-corrected chi connectivity index (χ3v) is 2.40. The first kappa shape index (κ1) is 8.72. The van der Waals surface area contributed by atoms with Crippen LogP contribution in [0.3, 0.4) is 0 Å². The summed E-state index contributed by atoms with van der Waals surface area (Å²) in [6, 6.07) is 0. The molecule has 1 fully saturated rings. The number of alkyl halides is 1. The van der Waals surface area contributed by atoms with Crippen LogP contribution in [0.15, 0.2) is 0 Å². The Hall–Kier alpha value is -0.370. The number of halogens is 1. The molecule has 2 nitrogen and oxygen atoms in total. The predicted molar refractivity (Wildman–Crippen MR) is 42.7 cm³/mol. The van der Waals surface area contributed by atoms with E-state index in [1.54, 1.807) is 0 Å². The molecule has 1 rings (SSSR count). The van der Waals surface area contributed by atoms with Crippen molar-refractivity contribution < 1.29 is 9.59 Å². The summed E-state index contributed by atoms with van der Waals surface area (Å²) in [6.45, 7) is 0. The fourth-order valence-electron chi connectivity index (χ4n) is 1.21. The normalized spacial score (nSPS) is 23.0. The molecule has 0 amide bonds. The molecule has 11 heavy (non-hydrogen) atoms. The Morgan fingerprint density at radius 2 is 1.45 bits per heavy atom. The Labute approximate surface area is 70.9 Å². The van der Waals surface area contributed by atoms with Gasteiger partial charge in [-0.05, 0) is 12.8 Å². The van der Waals surface area contributed by atoms with Crippen LogP contribution in [-0.4, -0.2) is 16.9 Å². The Kier molecular flexibility index (Phi) is 3.06. The fourth-order valence-corrected chi connectivity index (χ4v) is 1.43. The minimum Gasteiger partial charge on any atom is -0.298 e. The molecule has 0 aromatic rings. The predicted octanol–water partition coefficient (Wildman–Crippen LogP) is 1.70. The second-order valence-corrected chi connectivity index (χ2v) is 3.29. The van der Waals surface area contributed by atoms with E-state index in [0.29, 0.717) is 12.8 Å². The van der Waals surface area contributed by atoms with E-state index in [1.165, 1.54) is 0 Å². The van der Waals surface area contributed by atoms with Crippen LogP contribution in [0.4, 0.5) is 0 Å². The van der Waals surface area contributed by atoms with Crippen molar-refractivity contribution in [2.75, 3.05) is 0 Å². The van der Waals surface area contributed by atoms with Gasteiger partial charge in [-0.2, -0.15) is 0 Å². The minimum atomic E-state index is -0.852. The zero-order valence-corrected chi connectivity index (χ0v) is 7.06. The number of Topliss-reactive ketones (excluding diaryl/α,β-unsaturated/α-hetero) is 2. The lowest BCUT2D eigenvalue weighted by Crippen LogP contribution is -2.25. The van der Waals surface area contributed by atoms with Crippen LogP contribution in [0.5, 0.6) is 0 Å². The molecule has 1 saturated carbocycles. The summed E-state index contributed by atoms with van der Waals surface area (Å²) in [4.78, 5) is 22.0. The molecule has 0 saturated heterocycles. The average molecular weight is 175 g/mol. The van der Waals surface area contributed by atoms with Gasteiger partial charge in [0, 0.05) is 12.8 Å². The molecule has 0 aromatic heterocycles. The van der Waals surface area contributed by atoms with E-state index in [-0.39, 0.29) is 11.6 Å². The van der Waals surface area contributed by atoms with Crippen LogP contribution in [0.1, 0.15) is 32.1 Å². The Morgan fingerprint density at radius 1 is 1.00 bits per heavy atom. The van der Waals surface area contributed by atoms with E-state index in [0.717, 1.165) is 19.3 Å². The van der Waals surface area contributed by atoms with Gasteiger partial charge in [0.15, 0.2) is 16.9 Å². The van der Waals surface area contributed by atoms with Gasteiger partial charge < -0.3 is 0 Å². The standard InChI is InChI=1S/C8H11ClO2/c9-8-6(10)4-2-1-3-5-7(8)11/h8H,1-5H2. The molecule has 1 aliphatic carbocycles. The van der Waals surface area contributed by atoms with Gasteiger partial charge in [-0.3, -0.25) is 9.59 Å². The second-order valence-electron chi connectivity index (χ2n) is 2.86. The molecule has 0 aromatic carbocycles. The molecule has 0 unspecified atom stereocenters. The van der Waals surface area contributed by atoms with Crippen LogP contribution >= 0.6 is 11.6 Å². The van der Waals surface area contributed by atoms with Crippen molar-refractivity contribution in [3.8, 4) is 0 Å². The summed E-state index contributed by atoms with van der Waals surface area (Å²) < 4.78 is 0. The summed E-state index contributed by atoms with van der Waals surface area (Å²) in [5.74, 6) is -0.201. The highest BCUT2D eigenvalue weighted by atomic mass is 35.5. The number of rotatable bonds is 0. The monoisotopic (exact) mass is 174 g/mol. The molecular formula is C8H11ClO2. The van der Waals surface area contributed by atoms with E-state index >= 15 is 0 Å². The third-order valence-electron chi connectivity index (χ3n) is 1.91. The van der Waals surface area contributed by atoms with E-state index < -0.39 is 5.38 Å². The smallest absolute Gasteiger partial charge is 0.158 e. The lowest BCUT2D eigenvalue weighted by atomic mass is 9.98. The number of hydrogen-bond acceptors (Lipinski definition) is 2. The van der Waals surface area contributed by atoms with Crippen molar-refractivity contribution in [2.45, 2.75) is 37.5 Å². The maximum Gasteiger partial charge on any atom is 0.158 e. The third kappa shape index (κ3) is 2.29. The molecule has 0 bridgehead atoms. The van der Waals surface area contributed by atoms with Gasteiger partial charge in [0.05, 0.1) is 0 Å². The SMILES string of the molecule is O=C1CCCCCC(=O)C1Cl.